The first-order valence-corrected chi connectivity index (χ1v) is 1.66. The maximum absolute atomic E-state index is 8.30. The van der Waals surface area contributed by atoms with Gasteiger partial charge in [0.15, 0.2) is 0 Å². The minimum atomic E-state index is -0.588. The monoisotopic (exact) mass is 85.1 g/mol. The first-order valence-electron chi connectivity index (χ1n) is 1.66. The Hall–Kier alpha value is -0.680. The van der Waals surface area contributed by atoms with Crippen molar-refractivity contribution in [2.45, 2.75) is 13.2 Å². The van der Waals surface area contributed by atoms with Crippen LogP contribution in [0.4, 0.5) is 0 Å². The third-order valence-electron chi connectivity index (χ3n) is 0.292. The summed E-state index contributed by atoms with van der Waals surface area (Å²) in [5.41, 5.74) is 0. The first kappa shape index (κ1) is 5.32. The van der Waals surface area contributed by atoms with E-state index in [1.165, 1.54) is 0 Å². The number of hydrogen-bond donors (Lipinski definition) is 2. The quantitative estimate of drug-likeness (QED) is 0.256. The second-order valence-corrected chi connectivity index (χ2v) is 0.965. The summed E-state index contributed by atoms with van der Waals surface area (Å²) in [6.07, 6.45) is 4.12. The van der Waals surface area contributed by atoms with E-state index in [2.05, 4.69) is 11.4 Å². The predicted molar refractivity (Wildman–Crippen MR) is 23.6 cm³/mol. The molecule has 0 spiro atoms. The van der Waals surface area contributed by atoms with E-state index < -0.39 is 6.23 Å². The van der Waals surface area contributed by atoms with Crippen LogP contribution in [0.3, 0.4) is 0 Å². The topological polar surface area (TPSA) is 32.3 Å². The molecule has 1 unspecified atom stereocenters. The van der Waals surface area contributed by atoms with Crippen molar-refractivity contribution in [2.75, 3.05) is 0 Å². The zero-order valence-corrected chi connectivity index (χ0v) is 3.60. The van der Waals surface area contributed by atoms with E-state index in [0.717, 1.165) is 0 Å². The molecule has 0 fully saturated rings. The molecule has 0 bridgehead atoms. The maximum atomic E-state index is 8.30. The lowest BCUT2D eigenvalue weighted by Crippen LogP contribution is -2.18. The Kier molecular flexibility index (Phi) is 2.26. The van der Waals surface area contributed by atoms with Crippen molar-refractivity contribution in [3.63, 3.8) is 0 Å². The summed E-state index contributed by atoms with van der Waals surface area (Å²) in [5.74, 6) is 0. The van der Waals surface area contributed by atoms with E-state index in [9.17, 15) is 0 Å². The van der Waals surface area contributed by atoms with Crippen LogP contribution in [0.2, 0.25) is 0 Å². The molecular weight excluding hydrogens is 78.0 g/mol. The fourth-order valence-corrected chi connectivity index (χ4v) is 0.121. The number of aliphatic hydroxyl groups excluding tert-OH is 1. The molecule has 0 saturated carbocycles. The summed E-state index contributed by atoms with van der Waals surface area (Å²) in [7, 11) is 0. The molecule has 0 aliphatic heterocycles. The largest absolute Gasteiger partial charge is 0.374 e. The molecule has 0 amide bonds. The molecule has 0 aromatic heterocycles. The smallest absolute Gasteiger partial charge is 0.128 e. The second kappa shape index (κ2) is 2.55. The minimum absolute atomic E-state index is 0.588. The summed E-state index contributed by atoms with van der Waals surface area (Å²) in [4.78, 5) is 0. The van der Waals surface area contributed by atoms with Crippen molar-refractivity contribution in [3.8, 4) is 12.5 Å². The van der Waals surface area contributed by atoms with Crippen LogP contribution in [-0.2, 0) is 0 Å². The molecule has 0 aromatic rings. The van der Waals surface area contributed by atoms with Gasteiger partial charge in [0.05, 0.1) is 0 Å². The molecule has 0 heterocycles. The van der Waals surface area contributed by atoms with Gasteiger partial charge in [-0.2, -0.15) is 0 Å². The summed E-state index contributed by atoms with van der Waals surface area (Å²) in [6.45, 7) is 1.56. The Morgan fingerprint density at radius 1 is 2.00 bits per heavy atom. The normalized spacial score (nSPS) is 12.2. The van der Waals surface area contributed by atoms with Crippen LogP contribution in [0.1, 0.15) is 6.92 Å². The van der Waals surface area contributed by atoms with Crippen molar-refractivity contribution in [2.24, 2.45) is 0 Å². The Labute approximate surface area is 37.2 Å². The number of nitrogens with one attached hydrogen (secondary N) is 1. The van der Waals surface area contributed by atoms with Crippen molar-refractivity contribution in [1.82, 2.24) is 5.32 Å². The van der Waals surface area contributed by atoms with Gasteiger partial charge in [-0.3, -0.25) is 0 Å². The minimum Gasteiger partial charge on any atom is -0.374 e. The second-order valence-electron chi connectivity index (χ2n) is 0.965. The number of terminal acetylenes is 1. The third-order valence-corrected chi connectivity index (χ3v) is 0.292. The molecule has 0 aliphatic rings. The van der Waals surface area contributed by atoms with E-state index in [4.69, 9.17) is 11.5 Å². The van der Waals surface area contributed by atoms with Gasteiger partial charge in [-0.05, 0) is 6.92 Å². The van der Waals surface area contributed by atoms with Gasteiger partial charge in [0.25, 0.3) is 0 Å². The molecule has 0 saturated heterocycles. The highest BCUT2D eigenvalue weighted by Gasteiger charge is 1.80. The van der Waals surface area contributed by atoms with E-state index in [-0.39, 0.29) is 0 Å². The SMILES string of the molecule is C#CNC(C)O. The van der Waals surface area contributed by atoms with E-state index in [0.29, 0.717) is 0 Å². The Morgan fingerprint density at radius 3 is 2.50 bits per heavy atom. The summed E-state index contributed by atoms with van der Waals surface area (Å²) < 4.78 is 0. The summed E-state index contributed by atoms with van der Waals surface area (Å²) >= 11 is 0. The van der Waals surface area contributed by atoms with Gasteiger partial charge in [0.2, 0.25) is 0 Å². The molecule has 6 heavy (non-hydrogen) atoms. The van der Waals surface area contributed by atoms with Crippen molar-refractivity contribution >= 4 is 0 Å². The average molecular weight is 85.1 g/mol. The van der Waals surface area contributed by atoms with Crippen molar-refractivity contribution in [3.05, 3.63) is 0 Å². The Morgan fingerprint density at radius 2 is 2.50 bits per heavy atom. The fourth-order valence-electron chi connectivity index (χ4n) is 0.121. The molecule has 2 nitrogen and oxygen atoms in total. The molecule has 2 N–H and O–H groups in total. The molecule has 0 rings (SSSR count). The zero-order chi connectivity index (χ0) is 4.99. The average Bonchev–Trinajstić information content (AvgIpc) is 1.35. The Balaban J connectivity index is 2.88. The van der Waals surface area contributed by atoms with Crippen LogP contribution < -0.4 is 5.32 Å². The molecule has 0 radical (unpaired) electrons. The van der Waals surface area contributed by atoms with Crippen LogP contribution in [0.15, 0.2) is 0 Å². The molecule has 0 aromatic carbocycles. The number of aliphatic hydroxyl groups is 1. The van der Waals surface area contributed by atoms with Crippen LogP contribution in [0, 0.1) is 12.5 Å². The van der Waals surface area contributed by atoms with Gasteiger partial charge in [0.1, 0.15) is 6.23 Å². The zero-order valence-electron chi connectivity index (χ0n) is 3.60. The van der Waals surface area contributed by atoms with Crippen LogP contribution in [0.25, 0.3) is 0 Å². The van der Waals surface area contributed by atoms with Gasteiger partial charge in [-0.1, -0.05) is 6.42 Å². The number of rotatable bonds is 1. The van der Waals surface area contributed by atoms with E-state index in [1.54, 1.807) is 6.92 Å². The van der Waals surface area contributed by atoms with Crippen molar-refractivity contribution in [1.29, 1.82) is 0 Å². The molecule has 2 heteroatoms. The lowest BCUT2D eigenvalue weighted by Gasteiger charge is -1.95. The highest BCUT2D eigenvalue weighted by atomic mass is 16.3. The number of hydrogen-bond acceptors (Lipinski definition) is 2. The summed E-state index contributed by atoms with van der Waals surface area (Å²) in [5, 5.41) is 10.6. The summed E-state index contributed by atoms with van der Waals surface area (Å²) in [6, 6.07) is 2.07. The third kappa shape index (κ3) is 3.32. The molecule has 0 aliphatic carbocycles. The van der Waals surface area contributed by atoms with Gasteiger partial charge in [0, 0.05) is 6.04 Å². The van der Waals surface area contributed by atoms with E-state index >= 15 is 0 Å². The highest BCUT2D eigenvalue weighted by molar-refractivity contribution is 4.79. The molecule has 34 valence electrons. The van der Waals surface area contributed by atoms with Crippen molar-refractivity contribution < 1.29 is 5.11 Å². The van der Waals surface area contributed by atoms with Crippen LogP contribution in [-0.4, -0.2) is 11.3 Å². The van der Waals surface area contributed by atoms with Gasteiger partial charge >= 0.3 is 0 Å². The highest BCUT2D eigenvalue weighted by Crippen LogP contribution is 1.62. The standard InChI is InChI=1S/C4H7NO/c1-3-5-4(2)6/h1,4-6H,2H3. The van der Waals surface area contributed by atoms with Crippen LogP contribution in [0.5, 0.6) is 0 Å². The van der Waals surface area contributed by atoms with Gasteiger partial charge in [-0.25, -0.2) is 0 Å². The lowest BCUT2D eigenvalue weighted by atomic mass is 10.7. The first-order chi connectivity index (χ1) is 2.77. The Bertz CT molecular complexity index is 62.4. The lowest BCUT2D eigenvalue weighted by molar-refractivity contribution is 0.177. The molecule has 1 atom stereocenters. The van der Waals surface area contributed by atoms with Gasteiger partial charge in [-0.15, -0.1) is 0 Å². The maximum Gasteiger partial charge on any atom is 0.128 e. The van der Waals surface area contributed by atoms with E-state index in [1.807, 2.05) is 0 Å². The van der Waals surface area contributed by atoms with Gasteiger partial charge < -0.3 is 10.4 Å². The van der Waals surface area contributed by atoms with Crippen LogP contribution >= 0.6 is 0 Å². The fraction of sp³-hybridized carbons (Fsp3) is 0.500. The molecular formula is C4H7NO. The predicted octanol–water partition coefficient (Wildman–Crippen LogP) is -0.495.